The summed E-state index contributed by atoms with van der Waals surface area (Å²) < 4.78 is 22.4. The largest absolute Gasteiger partial charge is 4.00 e. The quantitative estimate of drug-likeness (QED) is 0.201. The van der Waals surface area contributed by atoms with E-state index >= 15 is 0 Å². The second-order valence-electron chi connectivity index (χ2n) is 20.8. The molecule has 0 aromatic carbocycles. The number of ether oxygens (including phenoxy) is 4. The third-order valence-electron chi connectivity index (χ3n) is 13.4. The molecule has 4 rings (SSSR count). The molecule has 8 unspecified atom stereocenters. The van der Waals surface area contributed by atoms with Gasteiger partial charge in [0.15, 0.2) is 0 Å². The van der Waals surface area contributed by atoms with E-state index in [0.717, 1.165) is 103 Å². The molecule has 0 radical (unpaired) electrons. The SMILES string of the molecule is CC(C)OC1CCCCCCCC1(O)C(=O)[O-].CC(C)OC1CCCCCCCC1(O)C(=O)[O-].CC(C)OC1CCCCCCCC1(O)C(=O)[O-].CC(C)OC1CCCCCCCC1(O)C(=O)[O-].[Ti+4]. The Labute approximate surface area is 429 Å². The summed E-state index contributed by atoms with van der Waals surface area (Å²) in [6, 6.07) is 0. The molecule has 4 aliphatic rings. The van der Waals surface area contributed by atoms with E-state index in [2.05, 4.69) is 0 Å². The molecule has 0 aromatic heterocycles. The second-order valence-corrected chi connectivity index (χ2v) is 20.8. The van der Waals surface area contributed by atoms with Gasteiger partial charge in [0, 0.05) is 0 Å². The topological polar surface area (TPSA) is 278 Å². The number of carbonyl (C=O) groups excluding carboxylic acids is 4. The Kier molecular flexibility index (Phi) is 33.8. The van der Waals surface area contributed by atoms with Crippen molar-refractivity contribution in [2.45, 2.75) is 306 Å². The maximum absolute atomic E-state index is 11.2. The molecule has 4 N–H and O–H groups in total. The summed E-state index contributed by atoms with van der Waals surface area (Å²) in [6.07, 6.45) is 19.2. The Bertz CT molecular complexity index is 1220. The van der Waals surface area contributed by atoms with Gasteiger partial charge in [-0.1, -0.05) is 128 Å². The molecule has 0 bridgehead atoms. The van der Waals surface area contributed by atoms with Crippen molar-refractivity contribution in [3.63, 3.8) is 0 Å². The van der Waals surface area contributed by atoms with Gasteiger partial charge in [-0.25, -0.2) is 0 Å². The van der Waals surface area contributed by atoms with Crippen LogP contribution in [0, 0.1) is 0 Å². The minimum absolute atomic E-state index is 0. The standard InChI is InChI=1S/4C13H24O4.Ti/c4*1-10(2)17-11-8-6-4-3-5-7-9-13(11,16)12(14)15;/h4*10-11,16H,3-9H2,1-2H3,(H,14,15);/q;;;;+4/p-4. The van der Waals surface area contributed by atoms with Crippen molar-refractivity contribution in [1.29, 1.82) is 0 Å². The van der Waals surface area contributed by atoms with Gasteiger partial charge in [0.2, 0.25) is 0 Å². The minimum Gasteiger partial charge on any atom is -0.547 e. The Morgan fingerprint density at radius 2 is 0.478 bits per heavy atom. The van der Waals surface area contributed by atoms with Gasteiger partial charge in [-0.2, -0.15) is 0 Å². The predicted molar refractivity (Wildman–Crippen MR) is 249 cm³/mol. The molecule has 0 amide bonds. The Balaban J connectivity index is 0.000000889. The maximum Gasteiger partial charge on any atom is 4.00 e. The van der Waals surface area contributed by atoms with Crippen molar-refractivity contribution in [1.82, 2.24) is 0 Å². The molecule has 4 saturated carbocycles. The van der Waals surface area contributed by atoms with Gasteiger partial charge in [-0.05, 0) is 107 Å². The first-order valence-electron chi connectivity index (χ1n) is 26.2. The second kappa shape index (κ2) is 34.6. The summed E-state index contributed by atoms with van der Waals surface area (Å²) in [4.78, 5) is 44.8. The van der Waals surface area contributed by atoms with Crippen LogP contribution in [0.15, 0.2) is 0 Å². The van der Waals surface area contributed by atoms with Gasteiger partial charge >= 0.3 is 21.7 Å². The van der Waals surface area contributed by atoms with Gasteiger partial charge in [0.1, 0.15) is 22.4 Å². The predicted octanol–water partition coefficient (Wildman–Crippen LogP) is 4.02. The van der Waals surface area contributed by atoms with Gasteiger partial charge < -0.3 is 79.0 Å². The first-order valence-corrected chi connectivity index (χ1v) is 26.2. The fourth-order valence-corrected chi connectivity index (χ4v) is 9.59. The summed E-state index contributed by atoms with van der Waals surface area (Å²) in [5.74, 6) is -5.59. The summed E-state index contributed by atoms with van der Waals surface area (Å²) >= 11 is 0. The van der Waals surface area contributed by atoms with Gasteiger partial charge in [-0.15, -0.1) is 0 Å². The van der Waals surface area contributed by atoms with Crippen LogP contribution < -0.4 is 20.4 Å². The maximum atomic E-state index is 11.2. The zero-order valence-electron chi connectivity index (χ0n) is 43.6. The minimum atomic E-state index is -1.82. The molecule has 8 atom stereocenters. The molecule has 69 heavy (non-hydrogen) atoms. The summed E-state index contributed by atoms with van der Waals surface area (Å²) in [7, 11) is 0. The van der Waals surface area contributed by atoms with Crippen molar-refractivity contribution in [3.8, 4) is 0 Å². The van der Waals surface area contributed by atoms with Crippen molar-refractivity contribution in [2.75, 3.05) is 0 Å². The molecule has 0 aliphatic heterocycles. The summed E-state index contributed by atoms with van der Waals surface area (Å²) in [6.45, 7) is 14.8. The monoisotopic (exact) mass is 1020 g/mol. The van der Waals surface area contributed by atoms with E-state index in [0.29, 0.717) is 51.4 Å². The van der Waals surface area contributed by atoms with Gasteiger partial charge in [0.25, 0.3) is 0 Å². The number of rotatable bonds is 12. The molecular formula is C52H92O16Ti. The molecule has 400 valence electrons. The summed E-state index contributed by atoms with van der Waals surface area (Å²) in [5, 5.41) is 86.0. The number of aliphatic hydroxyl groups is 4. The average Bonchev–Trinajstić information content (AvgIpc) is 3.50. The van der Waals surface area contributed by atoms with Crippen LogP contribution in [0.3, 0.4) is 0 Å². The van der Waals surface area contributed by atoms with Crippen molar-refractivity contribution >= 4 is 23.9 Å². The Morgan fingerprint density at radius 3 is 0.623 bits per heavy atom. The van der Waals surface area contributed by atoms with E-state index in [1.54, 1.807) is 0 Å². The van der Waals surface area contributed by atoms with Crippen LogP contribution in [-0.4, -0.2) is 116 Å². The van der Waals surface area contributed by atoms with Crippen molar-refractivity contribution in [3.05, 3.63) is 0 Å². The molecule has 17 heteroatoms. The zero-order valence-corrected chi connectivity index (χ0v) is 45.2. The Hall–Kier alpha value is -1.73. The first kappa shape index (κ1) is 67.3. The molecule has 4 aliphatic carbocycles. The van der Waals surface area contributed by atoms with Crippen LogP contribution in [0.4, 0.5) is 0 Å². The third kappa shape index (κ3) is 24.2. The van der Waals surface area contributed by atoms with Crippen LogP contribution in [0.25, 0.3) is 0 Å². The number of carboxylic acid groups (broad SMARTS) is 4. The van der Waals surface area contributed by atoms with Crippen LogP contribution in [0.5, 0.6) is 0 Å². The zero-order chi connectivity index (χ0) is 51.6. The number of hydrogen-bond acceptors (Lipinski definition) is 16. The molecule has 0 aromatic rings. The van der Waals surface area contributed by atoms with E-state index in [-0.39, 0.29) is 71.8 Å². The fourth-order valence-electron chi connectivity index (χ4n) is 9.59. The van der Waals surface area contributed by atoms with E-state index in [9.17, 15) is 60.0 Å². The Morgan fingerprint density at radius 1 is 0.333 bits per heavy atom. The molecule has 16 nitrogen and oxygen atoms in total. The molecule has 0 saturated heterocycles. The molecule has 4 fully saturated rings. The first-order chi connectivity index (χ1) is 31.9. The number of carboxylic acids is 4. The van der Waals surface area contributed by atoms with Crippen LogP contribution in [0.1, 0.15) is 235 Å². The number of carbonyl (C=O) groups is 4. The van der Waals surface area contributed by atoms with Crippen LogP contribution >= 0.6 is 0 Å². The van der Waals surface area contributed by atoms with E-state index < -0.39 is 70.7 Å². The molecular weight excluding hydrogens is 928 g/mol. The van der Waals surface area contributed by atoms with Crippen LogP contribution in [-0.2, 0) is 59.8 Å². The fraction of sp³-hybridized carbons (Fsp3) is 0.923. The number of hydrogen-bond donors (Lipinski definition) is 4. The van der Waals surface area contributed by atoms with E-state index in [1.807, 2.05) is 55.4 Å². The van der Waals surface area contributed by atoms with Crippen molar-refractivity contribution < 1.29 is 101 Å². The summed E-state index contributed by atoms with van der Waals surface area (Å²) in [5.41, 5.74) is -7.30. The van der Waals surface area contributed by atoms with Crippen LogP contribution in [0.2, 0.25) is 0 Å². The third-order valence-corrected chi connectivity index (χ3v) is 13.4. The molecule has 0 spiro atoms. The van der Waals surface area contributed by atoms with E-state index in [1.165, 1.54) is 0 Å². The average molecular weight is 1020 g/mol. The van der Waals surface area contributed by atoms with E-state index in [4.69, 9.17) is 18.9 Å². The van der Waals surface area contributed by atoms with Gasteiger partial charge in [-0.3, -0.25) is 0 Å². The molecule has 0 heterocycles. The van der Waals surface area contributed by atoms with Crippen molar-refractivity contribution in [2.24, 2.45) is 0 Å². The normalized spacial score (nSPS) is 31.2. The smallest absolute Gasteiger partial charge is 0.547 e. The number of aliphatic carboxylic acids is 4. The van der Waals surface area contributed by atoms with Gasteiger partial charge in [0.05, 0.1) is 72.7 Å².